The van der Waals surface area contributed by atoms with E-state index in [4.69, 9.17) is 9.47 Å². The monoisotopic (exact) mass is 343 g/mol. The summed E-state index contributed by atoms with van der Waals surface area (Å²) in [6.45, 7) is 3.17. The van der Waals surface area contributed by atoms with Crippen molar-refractivity contribution >= 4 is 5.91 Å². The summed E-state index contributed by atoms with van der Waals surface area (Å²) >= 11 is 0. The lowest BCUT2D eigenvalue weighted by molar-refractivity contribution is -0.162. The third-order valence-corrected chi connectivity index (χ3v) is 6.37. The number of carbonyl (C=O) groups excluding carboxylic acids is 1. The van der Waals surface area contributed by atoms with Gasteiger partial charge in [0.1, 0.15) is 0 Å². The largest absolute Gasteiger partial charge is 0.384 e. The van der Waals surface area contributed by atoms with E-state index in [0.717, 1.165) is 51.8 Å². The number of nitrogens with zero attached hydrogens (tertiary/aromatic N) is 1. The molecule has 2 saturated heterocycles. The van der Waals surface area contributed by atoms with Crippen LogP contribution in [0.2, 0.25) is 0 Å². The number of hydrogen-bond acceptors (Lipinski definition) is 3. The normalized spacial score (nSPS) is 29.3. The highest BCUT2D eigenvalue weighted by Crippen LogP contribution is 2.41. The number of fused-ring (bicyclic) bond motifs is 2. The van der Waals surface area contributed by atoms with Crippen molar-refractivity contribution in [3.8, 4) is 0 Å². The minimum absolute atomic E-state index is 0.000447. The van der Waals surface area contributed by atoms with Crippen molar-refractivity contribution in [3.05, 3.63) is 35.4 Å². The lowest BCUT2D eigenvalue weighted by Gasteiger charge is -2.50. The van der Waals surface area contributed by atoms with Gasteiger partial charge in [-0.1, -0.05) is 24.3 Å². The van der Waals surface area contributed by atoms with Crippen molar-refractivity contribution in [2.24, 2.45) is 11.3 Å². The van der Waals surface area contributed by atoms with Gasteiger partial charge in [-0.2, -0.15) is 0 Å². The van der Waals surface area contributed by atoms with Gasteiger partial charge in [-0.25, -0.2) is 0 Å². The highest BCUT2D eigenvalue weighted by atomic mass is 16.5. The number of ether oxygens (including phenoxy) is 2. The van der Waals surface area contributed by atoms with E-state index in [1.807, 2.05) is 0 Å². The fraction of sp³-hybridized carbons (Fsp3) is 0.667. The molecule has 136 valence electrons. The molecule has 1 amide bonds. The second kappa shape index (κ2) is 7.08. The molecule has 2 atom stereocenters. The van der Waals surface area contributed by atoms with Gasteiger partial charge in [-0.15, -0.1) is 0 Å². The molecule has 1 aromatic rings. The first kappa shape index (κ1) is 17.0. The molecule has 4 heteroatoms. The van der Waals surface area contributed by atoms with Crippen molar-refractivity contribution in [1.29, 1.82) is 0 Å². The quantitative estimate of drug-likeness (QED) is 0.844. The summed E-state index contributed by atoms with van der Waals surface area (Å²) in [5.74, 6) is 0.779. The van der Waals surface area contributed by atoms with Crippen molar-refractivity contribution in [2.45, 2.75) is 44.6 Å². The molecule has 2 aliphatic heterocycles. The van der Waals surface area contributed by atoms with Crippen LogP contribution in [0.5, 0.6) is 0 Å². The van der Waals surface area contributed by atoms with Crippen LogP contribution in [0.3, 0.4) is 0 Å². The molecule has 4 nitrogen and oxygen atoms in total. The topological polar surface area (TPSA) is 38.8 Å². The zero-order valence-electron chi connectivity index (χ0n) is 15.2. The van der Waals surface area contributed by atoms with Gasteiger partial charge >= 0.3 is 0 Å². The standard InChI is InChI=1S/C21H29NO3/c1-24-15-21-8-4-10-25-19(21)7-9-22(14-21)20(23)13-16-11-17-5-2-3-6-18(17)12-16/h2-3,5-6,16,19H,4,7-15H2,1H3/t19-,21+/m1/s1. The summed E-state index contributed by atoms with van der Waals surface area (Å²) in [6, 6.07) is 8.62. The van der Waals surface area contributed by atoms with Gasteiger partial charge in [0.25, 0.3) is 0 Å². The first-order valence-corrected chi connectivity index (χ1v) is 9.65. The maximum Gasteiger partial charge on any atom is 0.222 e. The predicted octanol–water partition coefficient (Wildman–Crippen LogP) is 2.84. The Balaban J connectivity index is 1.39. The molecule has 0 bridgehead atoms. The predicted molar refractivity (Wildman–Crippen MR) is 96.4 cm³/mol. The van der Waals surface area contributed by atoms with Crippen LogP contribution in [0.1, 0.15) is 36.8 Å². The average molecular weight is 343 g/mol. The molecular weight excluding hydrogens is 314 g/mol. The van der Waals surface area contributed by atoms with E-state index in [-0.39, 0.29) is 11.5 Å². The number of benzene rings is 1. The number of hydrogen-bond donors (Lipinski definition) is 0. The molecule has 2 heterocycles. The molecule has 0 unspecified atom stereocenters. The smallest absolute Gasteiger partial charge is 0.222 e. The average Bonchev–Trinajstić information content (AvgIpc) is 3.03. The summed E-state index contributed by atoms with van der Waals surface area (Å²) in [4.78, 5) is 15.1. The van der Waals surface area contributed by atoms with Crippen LogP contribution in [0, 0.1) is 11.3 Å². The molecular formula is C21H29NO3. The molecule has 1 aliphatic carbocycles. The third kappa shape index (κ3) is 3.34. The number of rotatable bonds is 4. The zero-order chi connectivity index (χ0) is 17.3. The summed E-state index contributed by atoms with van der Waals surface area (Å²) in [7, 11) is 1.76. The van der Waals surface area contributed by atoms with Crippen molar-refractivity contribution in [1.82, 2.24) is 4.90 Å². The van der Waals surface area contributed by atoms with Crippen molar-refractivity contribution in [3.63, 3.8) is 0 Å². The Morgan fingerprint density at radius 1 is 1.32 bits per heavy atom. The van der Waals surface area contributed by atoms with Gasteiger partial charge in [-0.05, 0) is 49.1 Å². The summed E-state index contributed by atoms with van der Waals surface area (Å²) in [5.41, 5.74) is 2.85. The highest BCUT2D eigenvalue weighted by molar-refractivity contribution is 5.77. The van der Waals surface area contributed by atoms with Crippen LogP contribution < -0.4 is 0 Å². The van der Waals surface area contributed by atoms with E-state index in [1.165, 1.54) is 11.1 Å². The highest BCUT2D eigenvalue weighted by Gasteiger charge is 2.47. The Morgan fingerprint density at radius 2 is 2.08 bits per heavy atom. The SMILES string of the molecule is COC[C@@]12CCCO[C@@H]1CCN(C(=O)CC1Cc3ccccc3C1)C2. The minimum Gasteiger partial charge on any atom is -0.384 e. The molecule has 0 spiro atoms. The van der Waals surface area contributed by atoms with E-state index in [1.54, 1.807) is 7.11 Å². The van der Waals surface area contributed by atoms with Gasteiger partial charge in [0.15, 0.2) is 0 Å². The maximum atomic E-state index is 13.0. The number of methoxy groups -OCH3 is 1. The lowest BCUT2D eigenvalue weighted by Crippen LogP contribution is -2.58. The molecule has 4 rings (SSSR count). The third-order valence-electron chi connectivity index (χ3n) is 6.37. The van der Waals surface area contributed by atoms with Crippen LogP contribution in [0.4, 0.5) is 0 Å². The van der Waals surface area contributed by atoms with Crippen LogP contribution >= 0.6 is 0 Å². The second-order valence-electron chi connectivity index (χ2n) is 8.11. The molecule has 1 aromatic carbocycles. The molecule has 25 heavy (non-hydrogen) atoms. The Morgan fingerprint density at radius 3 is 2.80 bits per heavy atom. The van der Waals surface area contributed by atoms with Crippen LogP contribution in [-0.4, -0.2) is 50.3 Å². The fourth-order valence-electron chi connectivity index (χ4n) is 5.17. The number of carbonyl (C=O) groups is 1. The lowest BCUT2D eigenvalue weighted by atomic mass is 9.73. The second-order valence-corrected chi connectivity index (χ2v) is 8.11. The molecule has 0 saturated carbocycles. The van der Waals surface area contributed by atoms with E-state index in [2.05, 4.69) is 29.2 Å². The Labute approximate surface area is 150 Å². The van der Waals surface area contributed by atoms with Gasteiger partial charge in [0, 0.05) is 38.6 Å². The molecule has 0 N–H and O–H groups in total. The minimum atomic E-state index is -0.000447. The van der Waals surface area contributed by atoms with Crippen molar-refractivity contribution < 1.29 is 14.3 Å². The number of likely N-dealkylation sites (tertiary alicyclic amines) is 1. The summed E-state index contributed by atoms with van der Waals surface area (Å²) in [5, 5.41) is 0. The Hall–Kier alpha value is -1.39. The van der Waals surface area contributed by atoms with Crippen LogP contribution in [0.15, 0.2) is 24.3 Å². The first-order valence-electron chi connectivity index (χ1n) is 9.65. The molecule has 0 radical (unpaired) electrons. The maximum absolute atomic E-state index is 13.0. The van der Waals surface area contributed by atoms with E-state index in [0.29, 0.717) is 24.9 Å². The number of amides is 1. The van der Waals surface area contributed by atoms with Crippen molar-refractivity contribution in [2.75, 3.05) is 33.4 Å². The van der Waals surface area contributed by atoms with Gasteiger partial charge in [-0.3, -0.25) is 4.79 Å². The van der Waals surface area contributed by atoms with E-state index < -0.39 is 0 Å². The van der Waals surface area contributed by atoms with Crippen LogP contribution in [0.25, 0.3) is 0 Å². The van der Waals surface area contributed by atoms with Crippen LogP contribution in [-0.2, 0) is 27.1 Å². The number of piperidine rings is 1. The van der Waals surface area contributed by atoms with Gasteiger partial charge < -0.3 is 14.4 Å². The van der Waals surface area contributed by atoms with E-state index >= 15 is 0 Å². The summed E-state index contributed by atoms with van der Waals surface area (Å²) in [6.07, 6.45) is 6.13. The van der Waals surface area contributed by atoms with Gasteiger partial charge in [0.05, 0.1) is 12.7 Å². The zero-order valence-corrected chi connectivity index (χ0v) is 15.2. The van der Waals surface area contributed by atoms with Gasteiger partial charge in [0.2, 0.25) is 5.91 Å². The fourth-order valence-corrected chi connectivity index (χ4v) is 5.17. The summed E-state index contributed by atoms with van der Waals surface area (Å²) < 4.78 is 11.6. The molecule has 0 aromatic heterocycles. The molecule has 2 fully saturated rings. The molecule has 3 aliphatic rings. The Bertz CT molecular complexity index is 602. The first-order chi connectivity index (χ1) is 12.2. The Kier molecular flexibility index (Phi) is 4.83. The van der Waals surface area contributed by atoms with E-state index in [9.17, 15) is 4.79 Å².